The molecule has 1 atom stereocenters. The molecule has 0 saturated carbocycles. The smallest absolute Gasteiger partial charge is 0.265 e. The second-order valence-electron chi connectivity index (χ2n) is 2.68. The van der Waals surface area contributed by atoms with E-state index in [4.69, 9.17) is 10.4 Å². The fraction of sp³-hybridized carbons (Fsp3) is 0.375. The van der Waals surface area contributed by atoms with Crippen LogP contribution in [0.25, 0.3) is 0 Å². The summed E-state index contributed by atoms with van der Waals surface area (Å²) in [7, 11) is 0. The highest BCUT2D eigenvalue weighted by molar-refractivity contribution is 5.33. The highest BCUT2D eigenvalue weighted by Gasteiger charge is 2.16. The molecular formula is C8H8F2N4O. The van der Waals surface area contributed by atoms with Crippen LogP contribution in [0.15, 0.2) is 12.4 Å². The lowest BCUT2D eigenvalue weighted by Crippen LogP contribution is -2.27. The molecule has 0 aliphatic rings. The predicted octanol–water partition coefficient (Wildman–Crippen LogP) is 0.386. The number of nitriles is 1. The van der Waals surface area contributed by atoms with Crippen molar-refractivity contribution in [2.45, 2.75) is 12.5 Å². The number of hydrogen-bond acceptors (Lipinski definition) is 5. The number of aliphatic hydroxyl groups is 1. The van der Waals surface area contributed by atoms with Gasteiger partial charge < -0.3 is 10.4 Å². The molecule has 0 bridgehead atoms. The molecular weight excluding hydrogens is 206 g/mol. The number of anilines is 1. The van der Waals surface area contributed by atoms with Gasteiger partial charge >= 0.3 is 0 Å². The third-order valence-electron chi connectivity index (χ3n) is 1.55. The molecule has 0 aliphatic heterocycles. The number of alkyl halides is 2. The summed E-state index contributed by atoms with van der Waals surface area (Å²) >= 11 is 0. The Morgan fingerprint density at radius 3 is 2.67 bits per heavy atom. The molecule has 5 nitrogen and oxygen atoms in total. The van der Waals surface area contributed by atoms with Gasteiger partial charge in [-0.15, -0.1) is 0 Å². The SMILES string of the molecule is N#Cc1cnc(NCC(O)C(F)F)cn1. The van der Waals surface area contributed by atoms with Crippen LogP contribution in [-0.4, -0.2) is 34.1 Å². The van der Waals surface area contributed by atoms with Gasteiger partial charge in [0.1, 0.15) is 18.0 Å². The van der Waals surface area contributed by atoms with Crippen LogP contribution in [-0.2, 0) is 0 Å². The van der Waals surface area contributed by atoms with Gasteiger partial charge in [-0.2, -0.15) is 5.26 Å². The lowest BCUT2D eigenvalue weighted by atomic mass is 10.3. The average Bonchev–Trinajstić information content (AvgIpc) is 2.26. The maximum atomic E-state index is 11.9. The topological polar surface area (TPSA) is 81.8 Å². The molecule has 80 valence electrons. The lowest BCUT2D eigenvalue weighted by Gasteiger charge is -2.10. The summed E-state index contributed by atoms with van der Waals surface area (Å²) in [5.41, 5.74) is 0.134. The minimum Gasteiger partial charge on any atom is -0.385 e. The number of nitrogens with zero attached hydrogens (tertiary/aromatic N) is 3. The Labute approximate surface area is 84.4 Å². The van der Waals surface area contributed by atoms with E-state index < -0.39 is 12.5 Å². The van der Waals surface area contributed by atoms with Gasteiger partial charge in [0.05, 0.1) is 12.4 Å². The molecule has 1 rings (SSSR count). The quantitative estimate of drug-likeness (QED) is 0.757. The monoisotopic (exact) mass is 214 g/mol. The van der Waals surface area contributed by atoms with Crippen molar-refractivity contribution in [3.05, 3.63) is 18.1 Å². The van der Waals surface area contributed by atoms with Crippen molar-refractivity contribution in [3.8, 4) is 6.07 Å². The van der Waals surface area contributed by atoms with E-state index in [2.05, 4.69) is 15.3 Å². The summed E-state index contributed by atoms with van der Waals surface area (Å²) in [6.07, 6.45) is -2.11. The van der Waals surface area contributed by atoms with Gasteiger partial charge in [0.25, 0.3) is 6.43 Å². The van der Waals surface area contributed by atoms with Crippen molar-refractivity contribution in [2.75, 3.05) is 11.9 Å². The Balaban J connectivity index is 2.48. The molecule has 0 spiro atoms. The zero-order valence-corrected chi connectivity index (χ0v) is 7.56. The highest BCUT2D eigenvalue weighted by Crippen LogP contribution is 2.04. The predicted molar refractivity (Wildman–Crippen MR) is 47.2 cm³/mol. The second-order valence-corrected chi connectivity index (χ2v) is 2.68. The Hall–Kier alpha value is -1.81. The number of hydrogen-bond donors (Lipinski definition) is 2. The number of halogens is 2. The molecule has 0 aliphatic carbocycles. The Morgan fingerprint density at radius 1 is 1.47 bits per heavy atom. The maximum Gasteiger partial charge on any atom is 0.265 e. The van der Waals surface area contributed by atoms with E-state index in [0.717, 1.165) is 0 Å². The fourth-order valence-electron chi connectivity index (χ4n) is 0.775. The largest absolute Gasteiger partial charge is 0.385 e. The molecule has 1 aromatic rings. The number of nitrogens with one attached hydrogen (secondary N) is 1. The summed E-state index contributed by atoms with van der Waals surface area (Å²) < 4.78 is 23.8. The zero-order chi connectivity index (χ0) is 11.3. The standard InChI is InChI=1S/C8H8F2N4O/c9-8(10)6(15)3-14-7-4-12-5(1-11)2-13-7/h2,4,6,8,15H,3H2,(H,13,14). The summed E-state index contributed by atoms with van der Waals surface area (Å²) in [5.74, 6) is 0.230. The molecule has 0 saturated heterocycles. The van der Waals surface area contributed by atoms with E-state index in [9.17, 15) is 8.78 Å². The van der Waals surface area contributed by atoms with Crippen molar-refractivity contribution >= 4 is 5.82 Å². The highest BCUT2D eigenvalue weighted by atomic mass is 19.3. The fourth-order valence-corrected chi connectivity index (χ4v) is 0.775. The van der Waals surface area contributed by atoms with Crippen LogP contribution in [0, 0.1) is 11.3 Å². The van der Waals surface area contributed by atoms with E-state index in [1.807, 2.05) is 0 Å². The summed E-state index contributed by atoms with van der Waals surface area (Å²) in [6, 6.07) is 1.77. The average molecular weight is 214 g/mol. The first-order valence-electron chi connectivity index (χ1n) is 4.05. The first-order valence-corrected chi connectivity index (χ1v) is 4.05. The van der Waals surface area contributed by atoms with Gasteiger partial charge in [0, 0.05) is 6.54 Å². The Bertz CT molecular complexity index is 349. The summed E-state index contributed by atoms with van der Waals surface area (Å²) in [6.45, 7) is -0.321. The van der Waals surface area contributed by atoms with Crippen molar-refractivity contribution < 1.29 is 13.9 Å². The van der Waals surface area contributed by atoms with Crippen LogP contribution in [0.4, 0.5) is 14.6 Å². The minimum atomic E-state index is -2.80. The van der Waals surface area contributed by atoms with E-state index in [1.54, 1.807) is 6.07 Å². The Kier molecular flexibility index (Phi) is 3.88. The van der Waals surface area contributed by atoms with Gasteiger partial charge in [-0.3, -0.25) is 0 Å². The zero-order valence-electron chi connectivity index (χ0n) is 7.56. The van der Waals surface area contributed by atoms with Gasteiger partial charge in [0.2, 0.25) is 0 Å². The third-order valence-corrected chi connectivity index (χ3v) is 1.55. The number of aliphatic hydroxyl groups excluding tert-OH is 1. The van der Waals surface area contributed by atoms with Crippen LogP contribution in [0.1, 0.15) is 5.69 Å². The molecule has 2 N–H and O–H groups in total. The van der Waals surface area contributed by atoms with Gasteiger partial charge in [-0.25, -0.2) is 18.7 Å². The van der Waals surface area contributed by atoms with Gasteiger partial charge in [-0.1, -0.05) is 0 Å². The summed E-state index contributed by atoms with van der Waals surface area (Å²) in [4.78, 5) is 7.39. The van der Waals surface area contributed by atoms with Crippen LogP contribution in [0.2, 0.25) is 0 Å². The minimum absolute atomic E-state index is 0.134. The number of rotatable bonds is 4. The van der Waals surface area contributed by atoms with E-state index in [1.165, 1.54) is 12.4 Å². The molecule has 0 fully saturated rings. The van der Waals surface area contributed by atoms with Gasteiger partial charge in [0.15, 0.2) is 5.69 Å². The molecule has 15 heavy (non-hydrogen) atoms. The second kappa shape index (κ2) is 5.17. The number of aromatic nitrogens is 2. The lowest BCUT2D eigenvalue weighted by molar-refractivity contribution is 0.00380. The molecule has 0 radical (unpaired) electrons. The van der Waals surface area contributed by atoms with E-state index in [0.29, 0.717) is 0 Å². The van der Waals surface area contributed by atoms with Crippen LogP contribution >= 0.6 is 0 Å². The van der Waals surface area contributed by atoms with E-state index in [-0.39, 0.29) is 18.1 Å². The van der Waals surface area contributed by atoms with Crippen molar-refractivity contribution in [2.24, 2.45) is 0 Å². The Morgan fingerprint density at radius 2 is 2.20 bits per heavy atom. The molecule has 0 aromatic carbocycles. The molecule has 0 amide bonds. The van der Waals surface area contributed by atoms with E-state index >= 15 is 0 Å². The maximum absolute atomic E-state index is 11.9. The normalized spacial score (nSPS) is 12.2. The van der Waals surface area contributed by atoms with Crippen LogP contribution in [0.5, 0.6) is 0 Å². The molecule has 1 unspecified atom stereocenters. The van der Waals surface area contributed by atoms with Crippen LogP contribution in [0.3, 0.4) is 0 Å². The molecule has 1 aromatic heterocycles. The van der Waals surface area contributed by atoms with Crippen LogP contribution < -0.4 is 5.32 Å². The third kappa shape index (κ3) is 3.44. The first-order chi connectivity index (χ1) is 7.13. The molecule has 1 heterocycles. The van der Waals surface area contributed by atoms with Crippen molar-refractivity contribution in [1.29, 1.82) is 5.26 Å². The molecule has 7 heteroatoms. The van der Waals surface area contributed by atoms with Crippen molar-refractivity contribution in [3.63, 3.8) is 0 Å². The van der Waals surface area contributed by atoms with Gasteiger partial charge in [-0.05, 0) is 0 Å². The first kappa shape index (κ1) is 11.3. The van der Waals surface area contributed by atoms with Crippen molar-refractivity contribution in [1.82, 2.24) is 9.97 Å². The summed E-state index contributed by atoms with van der Waals surface area (Å²) in [5, 5.41) is 19.6.